The first-order chi connectivity index (χ1) is 8.58. The van der Waals surface area contributed by atoms with Gasteiger partial charge in [0.2, 0.25) is 0 Å². The second-order valence-electron chi connectivity index (χ2n) is 4.02. The van der Waals surface area contributed by atoms with Crippen LogP contribution >= 0.6 is 12.2 Å². The van der Waals surface area contributed by atoms with E-state index in [0.29, 0.717) is 25.3 Å². The zero-order valence-corrected chi connectivity index (χ0v) is 10.5. The first-order valence-electron chi connectivity index (χ1n) is 5.53. The number of nitrogens with zero attached hydrogens (tertiary/aromatic N) is 1. The molecule has 0 saturated carbocycles. The minimum Gasteiger partial charge on any atom is -0.391 e. The Morgan fingerprint density at radius 2 is 2.33 bits per heavy atom. The molecule has 1 amide bonds. The lowest BCUT2D eigenvalue weighted by Crippen LogP contribution is -2.49. The lowest BCUT2D eigenvalue weighted by atomic mass is 10.1. The van der Waals surface area contributed by atoms with Crippen LogP contribution < -0.4 is 5.73 Å². The average Bonchev–Trinajstić information content (AvgIpc) is 2.38. The van der Waals surface area contributed by atoms with E-state index in [1.165, 1.54) is 18.2 Å². The Morgan fingerprint density at radius 1 is 1.56 bits per heavy atom. The standard InChI is InChI=1S/C12H13FN2O2S/c13-9-3-1-2-8(6-9)12(16)15-4-5-17-10(7-15)11(14)18/h1-3,6,10H,4-5,7H2,(H2,14,18). The molecule has 1 heterocycles. The highest BCUT2D eigenvalue weighted by atomic mass is 32.1. The summed E-state index contributed by atoms with van der Waals surface area (Å²) >= 11 is 4.85. The Hall–Kier alpha value is -1.53. The van der Waals surface area contributed by atoms with E-state index in [1.54, 1.807) is 11.0 Å². The van der Waals surface area contributed by atoms with Crippen molar-refractivity contribution in [1.82, 2.24) is 4.90 Å². The van der Waals surface area contributed by atoms with Gasteiger partial charge in [0.05, 0.1) is 13.2 Å². The zero-order chi connectivity index (χ0) is 13.1. The predicted octanol–water partition coefficient (Wildman–Crippen LogP) is 0.953. The molecule has 6 heteroatoms. The van der Waals surface area contributed by atoms with Gasteiger partial charge in [-0.05, 0) is 18.2 Å². The van der Waals surface area contributed by atoms with Crippen molar-refractivity contribution >= 4 is 23.1 Å². The number of nitrogens with two attached hydrogens (primary N) is 1. The fraction of sp³-hybridized carbons (Fsp3) is 0.333. The minimum atomic E-state index is -0.431. The number of ether oxygens (including phenoxy) is 1. The average molecular weight is 268 g/mol. The van der Waals surface area contributed by atoms with Crippen LogP contribution in [-0.4, -0.2) is 41.6 Å². The van der Waals surface area contributed by atoms with Crippen LogP contribution in [0.1, 0.15) is 10.4 Å². The van der Waals surface area contributed by atoms with E-state index in [2.05, 4.69) is 0 Å². The number of carbonyl (C=O) groups excluding carboxylic acids is 1. The van der Waals surface area contributed by atoms with Crippen molar-refractivity contribution in [3.63, 3.8) is 0 Å². The number of hydrogen-bond acceptors (Lipinski definition) is 3. The number of thiocarbonyl (C=S) groups is 1. The summed E-state index contributed by atoms with van der Waals surface area (Å²) in [5.74, 6) is -0.668. The minimum absolute atomic E-state index is 0.228. The highest BCUT2D eigenvalue weighted by Crippen LogP contribution is 2.12. The lowest BCUT2D eigenvalue weighted by Gasteiger charge is -2.32. The van der Waals surface area contributed by atoms with Crippen LogP contribution in [0.2, 0.25) is 0 Å². The number of amides is 1. The summed E-state index contributed by atoms with van der Waals surface area (Å²) < 4.78 is 18.4. The van der Waals surface area contributed by atoms with Crippen LogP contribution in [0.25, 0.3) is 0 Å². The molecule has 1 aliphatic heterocycles. The molecular weight excluding hydrogens is 255 g/mol. The summed E-state index contributed by atoms with van der Waals surface area (Å²) in [5, 5.41) is 0. The Balaban J connectivity index is 2.11. The second kappa shape index (κ2) is 5.41. The van der Waals surface area contributed by atoms with Crippen molar-refractivity contribution in [1.29, 1.82) is 0 Å². The third-order valence-corrected chi connectivity index (χ3v) is 3.01. The molecule has 0 bridgehead atoms. The van der Waals surface area contributed by atoms with E-state index in [1.807, 2.05) is 0 Å². The summed E-state index contributed by atoms with van der Waals surface area (Å²) in [7, 11) is 0. The maximum atomic E-state index is 13.1. The van der Waals surface area contributed by atoms with Crippen LogP contribution in [0, 0.1) is 5.82 Å². The van der Waals surface area contributed by atoms with Crippen molar-refractivity contribution in [2.75, 3.05) is 19.7 Å². The Bertz CT molecular complexity index is 481. The summed E-state index contributed by atoms with van der Waals surface area (Å²) in [6.07, 6.45) is -0.425. The molecule has 0 spiro atoms. The highest BCUT2D eigenvalue weighted by Gasteiger charge is 2.26. The third kappa shape index (κ3) is 2.83. The quantitative estimate of drug-likeness (QED) is 0.812. The van der Waals surface area contributed by atoms with E-state index in [0.717, 1.165) is 0 Å². The zero-order valence-electron chi connectivity index (χ0n) is 9.64. The van der Waals surface area contributed by atoms with Crippen molar-refractivity contribution in [3.8, 4) is 0 Å². The van der Waals surface area contributed by atoms with Crippen LogP contribution in [0.3, 0.4) is 0 Å². The van der Waals surface area contributed by atoms with E-state index in [4.69, 9.17) is 22.7 Å². The molecule has 96 valence electrons. The van der Waals surface area contributed by atoms with Crippen LogP contribution in [0.5, 0.6) is 0 Å². The number of benzene rings is 1. The van der Waals surface area contributed by atoms with Crippen molar-refractivity contribution < 1.29 is 13.9 Å². The van der Waals surface area contributed by atoms with E-state index in [9.17, 15) is 9.18 Å². The molecule has 1 saturated heterocycles. The van der Waals surface area contributed by atoms with Crippen molar-refractivity contribution in [3.05, 3.63) is 35.6 Å². The summed E-state index contributed by atoms with van der Waals surface area (Å²) in [6.45, 7) is 1.14. The summed E-state index contributed by atoms with van der Waals surface area (Å²) in [4.78, 5) is 13.9. The van der Waals surface area contributed by atoms with Crippen molar-refractivity contribution in [2.45, 2.75) is 6.10 Å². The number of rotatable bonds is 2. The van der Waals surface area contributed by atoms with Gasteiger partial charge in [-0.2, -0.15) is 0 Å². The van der Waals surface area contributed by atoms with Gasteiger partial charge < -0.3 is 15.4 Å². The molecule has 1 fully saturated rings. The first-order valence-corrected chi connectivity index (χ1v) is 5.94. The third-order valence-electron chi connectivity index (χ3n) is 2.74. The first kappa shape index (κ1) is 12.9. The van der Waals surface area contributed by atoms with Gasteiger partial charge in [-0.15, -0.1) is 0 Å². The highest BCUT2D eigenvalue weighted by molar-refractivity contribution is 7.80. The molecule has 1 aromatic rings. The van der Waals surface area contributed by atoms with E-state index in [-0.39, 0.29) is 10.9 Å². The molecule has 1 atom stereocenters. The summed E-state index contributed by atoms with van der Waals surface area (Å²) in [6, 6.07) is 5.60. The van der Waals surface area contributed by atoms with Gasteiger partial charge in [0.1, 0.15) is 16.9 Å². The van der Waals surface area contributed by atoms with Gasteiger partial charge in [0, 0.05) is 12.1 Å². The van der Waals surface area contributed by atoms with Gasteiger partial charge in [0.25, 0.3) is 5.91 Å². The molecular formula is C12H13FN2O2S. The van der Waals surface area contributed by atoms with Crippen LogP contribution in [0.4, 0.5) is 4.39 Å². The Labute approximate surface area is 110 Å². The monoisotopic (exact) mass is 268 g/mol. The smallest absolute Gasteiger partial charge is 0.254 e. The molecule has 1 aromatic carbocycles. The topological polar surface area (TPSA) is 55.6 Å². The molecule has 0 aromatic heterocycles. The van der Waals surface area contributed by atoms with E-state index < -0.39 is 11.9 Å². The fourth-order valence-electron chi connectivity index (χ4n) is 1.81. The number of carbonyl (C=O) groups is 1. The predicted molar refractivity (Wildman–Crippen MR) is 68.8 cm³/mol. The largest absolute Gasteiger partial charge is 0.391 e. The van der Waals surface area contributed by atoms with Crippen LogP contribution in [-0.2, 0) is 4.74 Å². The van der Waals surface area contributed by atoms with Gasteiger partial charge in [-0.25, -0.2) is 4.39 Å². The Kier molecular flexibility index (Phi) is 3.88. The van der Waals surface area contributed by atoms with Gasteiger partial charge in [0.15, 0.2) is 0 Å². The number of hydrogen-bond donors (Lipinski definition) is 1. The maximum Gasteiger partial charge on any atom is 0.254 e. The molecule has 1 aliphatic rings. The van der Waals surface area contributed by atoms with Crippen molar-refractivity contribution in [2.24, 2.45) is 5.73 Å². The SMILES string of the molecule is NC(=S)C1CN(C(=O)c2cccc(F)c2)CCO1. The fourth-order valence-corrected chi connectivity index (χ4v) is 1.95. The van der Waals surface area contributed by atoms with E-state index >= 15 is 0 Å². The van der Waals surface area contributed by atoms with Gasteiger partial charge in [-0.3, -0.25) is 4.79 Å². The Morgan fingerprint density at radius 3 is 3.00 bits per heavy atom. The van der Waals surface area contributed by atoms with Crippen LogP contribution in [0.15, 0.2) is 24.3 Å². The second-order valence-corrected chi connectivity index (χ2v) is 4.49. The maximum absolute atomic E-state index is 13.1. The lowest BCUT2D eigenvalue weighted by molar-refractivity contribution is 0.00877. The molecule has 0 aliphatic carbocycles. The molecule has 0 radical (unpaired) electrons. The number of halogens is 1. The molecule has 2 N–H and O–H groups in total. The molecule has 1 unspecified atom stereocenters. The molecule has 18 heavy (non-hydrogen) atoms. The molecule has 4 nitrogen and oxygen atoms in total. The van der Waals surface area contributed by atoms with Gasteiger partial charge >= 0.3 is 0 Å². The summed E-state index contributed by atoms with van der Waals surface area (Å²) in [5.41, 5.74) is 5.82. The number of morpholine rings is 1. The molecule has 2 rings (SSSR count). The normalized spacial score (nSPS) is 19.6. The van der Waals surface area contributed by atoms with Gasteiger partial charge in [-0.1, -0.05) is 18.3 Å².